The summed E-state index contributed by atoms with van der Waals surface area (Å²) in [6.07, 6.45) is -4.13. The molecule has 0 aromatic carbocycles. The summed E-state index contributed by atoms with van der Waals surface area (Å²) in [7, 11) is 4.17. The van der Waals surface area contributed by atoms with Crippen LogP contribution < -0.4 is 0 Å². The molecule has 1 amide bonds. The summed E-state index contributed by atoms with van der Waals surface area (Å²) in [4.78, 5) is 26.4. The predicted molar refractivity (Wildman–Crippen MR) is 100 cm³/mol. The van der Waals surface area contributed by atoms with Crippen molar-refractivity contribution in [3.8, 4) is 0 Å². The van der Waals surface area contributed by atoms with E-state index in [1.54, 1.807) is 0 Å². The average Bonchev–Trinajstić information content (AvgIpc) is 3.22. The highest BCUT2D eigenvalue weighted by atomic mass is 32.1. The molecule has 164 valence electrons. The minimum Gasteiger partial charge on any atom is -0.475 e. The number of ether oxygens (including phenoxy) is 2. The molecule has 2 aliphatic rings. The lowest BCUT2D eigenvalue weighted by atomic mass is 9.94. The maximum absolute atomic E-state index is 12.6. The van der Waals surface area contributed by atoms with Crippen LogP contribution in [0.5, 0.6) is 0 Å². The molecule has 1 aromatic rings. The van der Waals surface area contributed by atoms with Crippen LogP contribution in [0.2, 0.25) is 0 Å². The molecule has 29 heavy (non-hydrogen) atoms. The molecule has 0 bridgehead atoms. The molecule has 1 aromatic heterocycles. The van der Waals surface area contributed by atoms with Gasteiger partial charge in [0, 0.05) is 13.1 Å². The largest absolute Gasteiger partial charge is 0.490 e. The molecule has 3 heterocycles. The zero-order valence-corrected chi connectivity index (χ0v) is 17.1. The van der Waals surface area contributed by atoms with Crippen molar-refractivity contribution in [2.75, 3.05) is 53.6 Å². The van der Waals surface area contributed by atoms with Gasteiger partial charge in [0.2, 0.25) is 0 Å². The summed E-state index contributed by atoms with van der Waals surface area (Å²) in [5, 5.41) is 9.07. The van der Waals surface area contributed by atoms with Gasteiger partial charge in [-0.05, 0) is 37.9 Å². The van der Waals surface area contributed by atoms with Gasteiger partial charge in [0.05, 0.1) is 31.2 Å². The number of rotatable bonds is 3. The number of nitrogens with zero attached hydrogens (tertiary/aromatic N) is 2. The molecular weight excluding hydrogens is 413 g/mol. The molecule has 1 spiro atoms. The standard InChI is InChI=1S/C16H24N2O3S.C2HF3O2/c1-17(2)9-13-8-16(21-10-13)11-18(5-6-20-12-16)15(19)14-4-3-7-22-14;3-2(4,5)1(6)7/h3-4,7,13H,5-6,8-12H2,1-2H3;(H,6,7). The van der Waals surface area contributed by atoms with Crippen LogP contribution in [0.3, 0.4) is 0 Å². The van der Waals surface area contributed by atoms with Crippen molar-refractivity contribution in [1.29, 1.82) is 0 Å². The Morgan fingerprint density at radius 1 is 1.41 bits per heavy atom. The summed E-state index contributed by atoms with van der Waals surface area (Å²) >= 11 is 1.49. The number of thiophene rings is 1. The topological polar surface area (TPSA) is 79.3 Å². The second-order valence-electron chi connectivity index (χ2n) is 7.39. The van der Waals surface area contributed by atoms with Crippen LogP contribution in [0.25, 0.3) is 0 Å². The molecule has 7 nitrogen and oxygen atoms in total. The Kier molecular flexibility index (Phi) is 8.03. The summed E-state index contributed by atoms with van der Waals surface area (Å²) in [6, 6.07) is 3.80. The highest BCUT2D eigenvalue weighted by Crippen LogP contribution is 2.33. The van der Waals surface area contributed by atoms with E-state index >= 15 is 0 Å². The quantitative estimate of drug-likeness (QED) is 0.780. The molecule has 0 radical (unpaired) electrons. The Balaban J connectivity index is 0.000000370. The van der Waals surface area contributed by atoms with Gasteiger partial charge in [0.25, 0.3) is 5.91 Å². The molecule has 2 saturated heterocycles. The zero-order chi connectivity index (χ0) is 21.7. The molecule has 0 saturated carbocycles. The number of carbonyl (C=O) groups is 2. The number of halogens is 3. The van der Waals surface area contributed by atoms with Crippen molar-refractivity contribution in [3.63, 3.8) is 0 Å². The number of hydrogen-bond donors (Lipinski definition) is 1. The minimum absolute atomic E-state index is 0.0968. The number of alkyl halides is 3. The zero-order valence-electron chi connectivity index (χ0n) is 16.3. The Morgan fingerprint density at radius 2 is 2.10 bits per heavy atom. The summed E-state index contributed by atoms with van der Waals surface area (Å²) < 4.78 is 43.6. The van der Waals surface area contributed by atoms with Crippen LogP contribution in [-0.2, 0) is 14.3 Å². The van der Waals surface area contributed by atoms with Gasteiger partial charge in [-0.1, -0.05) is 6.07 Å². The first-order valence-electron chi connectivity index (χ1n) is 9.02. The SMILES string of the molecule is CN(C)CC1COC2(COCCN(C(=O)c3cccs3)C2)C1.O=C(O)C(F)(F)F. The lowest BCUT2D eigenvalue weighted by Crippen LogP contribution is -2.46. The molecule has 11 heteroatoms. The highest BCUT2D eigenvalue weighted by Gasteiger charge is 2.44. The second kappa shape index (κ2) is 9.88. The Morgan fingerprint density at radius 3 is 2.66 bits per heavy atom. The van der Waals surface area contributed by atoms with Crippen LogP contribution in [0, 0.1) is 5.92 Å². The minimum atomic E-state index is -5.08. The highest BCUT2D eigenvalue weighted by molar-refractivity contribution is 7.12. The van der Waals surface area contributed by atoms with Crippen LogP contribution in [0.4, 0.5) is 13.2 Å². The first-order valence-corrected chi connectivity index (χ1v) is 9.90. The second-order valence-corrected chi connectivity index (χ2v) is 8.33. The normalized spacial score (nSPS) is 24.9. The van der Waals surface area contributed by atoms with E-state index in [4.69, 9.17) is 19.4 Å². The fourth-order valence-corrected chi connectivity index (χ4v) is 4.11. The van der Waals surface area contributed by atoms with Crippen LogP contribution in [0.15, 0.2) is 17.5 Å². The van der Waals surface area contributed by atoms with Crippen molar-refractivity contribution < 1.29 is 37.3 Å². The smallest absolute Gasteiger partial charge is 0.475 e. The number of hydrogen-bond acceptors (Lipinski definition) is 6. The number of carboxylic acids is 1. The lowest BCUT2D eigenvalue weighted by Gasteiger charge is -2.31. The van der Waals surface area contributed by atoms with E-state index in [0.29, 0.717) is 32.2 Å². The first kappa shape index (κ1) is 23.6. The van der Waals surface area contributed by atoms with Crippen LogP contribution in [-0.4, -0.2) is 92.1 Å². The molecule has 2 atom stereocenters. The molecule has 2 fully saturated rings. The number of aliphatic carboxylic acids is 1. The lowest BCUT2D eigenvalue weighted by molar-refractivity contribution is -0.192. The van der Waals surface area contributed by atoms with E-state index in [-0.39, 0.29) is 11.5 Å². The van der Waals surface area contributed by atoms with Gasteiger partial charge in [-0.15, -0.1) is 11.3 Å². The van der Waals surface area contributed by atoms with Gasteiger partial charge in [-0.2, -0.15) is 13.2 Å². The van der Waals surface area contributed by atoms with Crippen molar-refractivity contribution >= 4 is 23.2 Å². The van der Waals surface area contributed by atoms with Crippen molar-refractivity contribution in [3.05, 3.63) is 22.4 Å². The van der Waals surface area contributed by atoms with Crippen LogP contribution >= 0.6 is 11.3 Å². The van der Waals surface area contributed by atoms with Gasteiger partial charge in [0.1, 0.15) is 5.60 Å². The van der Waals surface area contributed by atoms with Crippen molar-refractivity contribution in [2.45, 2.75) is 18.2 Å². The Hall–Kier alpha value is -1.69. The summed E-state index contributed by atoms with van der Waals surface area (Å²) in [5.41, 5.74) is -0.329. The molecule has 3 rings (SSSR count). The molecule has 1 N–H and O–H groups in total. The van der Waals surface area contributed by atoms with E-state index in [2.05, 4.69) is 19.0 Å². The predicted octanol–water partition coefficient (Wildman–Crippen LogP) is 2.19. The first-order chi connectivity index (χ1) is 13.5. The van der Waals surface area contributed by atoms with Crippen LogP contribution in [0.1, 0.15) is 16.1 Å². The van der Waals surface area contributed by atoms with Gasteiger partial charge in [0.15, 0.2) is 0 Å². The molecule has 0 aliphatic carbocycles. The van der Waals surface area contributed by atoms with E-state index in [0.717, 1.165) is 24.4 Å². The number of amides is 1. The Bertz CT molecular complexity index is 684. The van der Waals surface area contributed by atoms with E-state index in [9.17, 15) is 18.0 Å². The van der Waals surface area contributed by atoms with E-state index in [1.165, 1.54) is 11.3 Å². The number of carboxylic acid groups (broad SMARTS) is 1. The summed E-state index contributed by atoms with van der Waals surface area (Å²) in [5.74, 6) is -2.15. The molecule has 2 unspecified atom stereocenters. The van der Waals surface area contributed by atoms with E-state index in [1.807, 2.05) is 22.4 Å². The molecule has 2 aliphatic heterocycles. The third-order valence-corrected chi connectivity index (χ3v) is 5.38. The average molecular weight is 438 g/mol. The van der Waals surface area contributed by atoms with Gasteiger partial charge in [-0.25, -0.2) is 4.79 Å². The third kappa shape index (κ3) is 6.95. The fourth-order valence-electron chi connectivity index (χ4n) is 3.42. The maximum atomic E-state index is 12.6. The van der Waals surface area contributed by atoms with Gasteiger partial charge >= 0.3 is 12.1 Å². The monoisotopic (exact) mass is 438 g/mol. The van der Waals surface area contributed by atoms with Gasteiger partial charge in [-0.3, -0.25) is 4.79 Å². The van der Waals surface area contributed by atoms with Crippen molar-refractivity contribution in [1.82, 2.24) is 9.80 Å². The third-order valence-electron chi connectivity index (χ3n) is 4.52. The number of carbonyl (C=O) groups excluding carboxylic acids is 1. The van der Waals surface area contributed by atoms with E-state index < -0.39 is 12.1 Å². The molecular formula is C18H25F3N2O5S. The van der Waals surface area contributed by atoms with Crippen molar-refractivity contribution in [2.24, 2.45) is 5.92 Å². The fraction of sp³-hybridized carbons (Fsp3) is 0.667. The maximum Gasteiger partial charge on any atom is 0.490 e. The Labute approximate surface area is 171 Å². The van der Waals surface area contributed by atoms with Gasteiger partial charge < -0.3 is 24.4 Å². The summed E-state index contributed by atoms with van der Waals surface area (Å²) in [6.45, 7) is 4.21.